The first-order chi connectivity index (χ1) is 8.17. The Balaban J connectivity index is 2.53. The van der Waals surface area contributed by atoms with Gasteiger partial charge in [-0.2, -0.15) is 0 Å². The molecule has 0 aromatic heterocycles. The maximum absolute atomic E-state index is 13.1. The van der Waals surface area contributed by atoms with Crippen molar-refractivity contribution < 1.29 is 13.9 Å². The number of ether oxygens (including phenoxy) is 1. The second-order valence-electron chi connectivity index (χ2n) is 3.51. The van der Waals surface area contributed by atoms with Crippen molar-refractivity contribution in [2.24, 2.45) is 5.73 Å². The molecule has 0 aliphatic heterocycles. The molecule has 0 saturated heterocycles. The van der Waals surface area contributed by atoms with Crippen LogP contribution in [0.4, 0.5) is 10.1 Å². The summed E-state index contributed by atoms with van der Waals surface area (Å²) in [7, 11) is 0. The molecule has 94 valence electrons. The summed E-state index contributed by atoms with van der Waals surface area (Å²) in [5.41, 5.74) is 6.31. The molecule has 0 atom stereocenters. The van der Waals surface area contributed by atoms with Crippen LogP contribution in [0.25, 0.3) is 0 Å². The van der Waals surface area contributed by atoms with E-state index in [4.69, 9.17) is 10.5 Å². The van der Waals surface area contributed by atoms with E-state index in [2.05, 4.69) is 5.32 Å². The predicted octanol–water partition coefficient (Wildman–Crippen LogP) is 1.65. The molecule has 1 aromatic carbocycles. The van der Waals surface area contributed by atoms with Gasteiger partial charge in [-0.05, 0) is 25.1 Å². The number of hydrogen-bond acceptors (Lipinski definition) is 3. The van der Waals surface area contributed by atoms with E-state index in [-0.39, 0.29) is 24.7 Å². The second-order valence-corrected chi connectivity index (χ2v) is 3.51. The lowest BCUT2D eigenvalue weighted by molar-refractivity contribution is -0.117. The van der Waals surface area contributed by atoms with Crippen LogP contribution >= 0.6 is 0 Å². The van der Waals surface area contributed by atoms with Gasteiger partial charge in [0.2, 0.25) is 5.91 Å². The van der Waals surface area contributed by atoms with Crippen LogP contribution < -0.4 is 11.1 Å². The minimum absolute atomic E-state index is 0.106. The number of carbonyl (C=O) groups excluding carboxylic acids is 1. The Morgan fingerprint density at radius 3 is 2.94 bits per heavy atom. The van der Waals surface area contributed by atoms with Crippen LogP contribution in [0.15, 0.2) is 18.2 Å². The molecule has 0 unspecified atom stereocenters. The second kappa shape index (κ2) is 6.98. The van der Waals surface area contributed by atoms with E-state index in [1.165, 1.54) is 18.2 Å². The number of carbonyl (C=O) groups is 1. The highest BCUT2D eigenvalue weighted by atomic mass is 19.1. The summed E-state index contributed by atoms with van der Waals surface area (Å²) in [6, 6.07) is 4.33. The summed E-state index contributed by atoms with van der Waals surface area (Å²) in [6.45, 7) is 2.94. The van der Waals surface area contributed by atoms with Crippen LogP contribution in [0.1, 0.15) is 18.9 Å². The third-order valence-corrected chi connectivity index (χ3v) is 2.23. The molecule has 4 nitrogen and oxygen atoms in total. The highest BCUT2D eigenvalue weighted by Crippen LogP contribution is 2.14. The van der Waals surface area contributed by atoms with Crippen LogP contribution in [0.2, 0.25) is 0 Å². The van der Waals surface area contributed by atoms with Crippen LogP contribution in [-0.4, -0.2) is 19.1 Å². The Kier molecular flexibility index (Phi) is 5.59. The van der Waals surface area contributed by atoms with Crippen LogP contribution in [0.3, 0.4) is 0 Å². The zero-order valence-corrected chi connectivity index (χ0v) is 9.83. The molecule has 5 heteroatoms. The lowest BCUT2D eigenvalue weighted by Crippen LogP contribution is -2.14. The number of amides is 1. The van der Waals surface area contributed by atoms with E-state index < -0.39 is 0 Å². The van der Waals surface area contributed by atoms with Gasteiger partial charge < -0.3 is 15.8 Å². The van der Waals surface area contributed by atoms with E-state index in [0.29, 0.717) is 24.5 Å². The molecule has 0 spiro atoms. The first kappa shape index (κ1) is 13.6. The smallest absolute Gasteiger partial charge is 0.226 e. The Morgan fingerprint density at radius 2 is 2.29 bits per heavy atom. The molecular formula is C12H17FN2O2. The molecule has 17 heavy (non-hydrogen) atoms. The van der Waals surface area contributed by atoms with Gasteiger partial charge in [-0.15, -0.1) is 0 Å². The Bertz CT molecular complexity index is 383. The number of rotatable bonds is 6. The molecule has 0 bridgehead atoms. The molecule has 3 N–H and O–H groups in total. The van der Waals surface area contributed by atoms with Gasteiger partial charge in [0.05, 0.1) is 13.0 Å². The van der Waals surface area contributed by atoms with Crippen molar-refractivity contribution in [3.63, 3.8) is 0 Å². The Labute approximate surface area is 100.0 Å². The summed E-state index contributed by atoms with van der Waals surface area (Å²) < 4.78 is 18.2. The van der Waals surface area contributed by atoms with Gasteiger partial charge in [0.1, 0.15) is 5.82 Å². The number of benzene rings is 1. The standard InChI is InChI=1S/C12H17FN2O2/c1-2-17-6-5-12(16)15-10-3-4-11(13)9(7-10)8-14/h3-4,7H,2,5-6,8,14H2,1H3,(H,15,16). The number of anilines is 1. The van der Waals surface area contributed by atoms with Gasteiger partial charge in [-0.1, -0.05) is 0 Å². The van der Waals surface area contributed by atoms with Gasteiger partial charge in [0.15, 0.2) is 0 Å². The molecule has 0 heterocycles. The highest BCUT2D eigenvalue weighted by molar-refractivity contribution is 5.90. The van der Waals surface area contributed by atoms with E-state index in [0.717, 1.165) is 0 Å². The molecule has 1 rings (SSSR count). The minimum Gasteiger partial charge on any atom is -0.381 e. The summed E-state index contributed by atoms with van der Waals surface area (Å²) >= 11 is 0. The van der Waals surface area contributed by atoms with Crippen molar-refractivity contribution in [3.05, 3.63) is 29.6 Å². The Morgan fingerprint density at radius 1 is 1.53 bits per heavy atom. The van der Waals surface area contributed by atoms with Crippen molar-refractivity contribution in [3.8, 4) is 0 Å². The Hall–Kier alpha value is -1.46. The number of nitrogens with one attached hydrogen (secondary N) is 1. The lowest BCUT2D eigenvalue weighted by Gasteiger charge is -2.07. The normalized spacial score (nSPS) is 10.3. The summed E-state index contributed by atoms with van der Waals surface area (Å²) in [4.78, 5) is 11.5. The molecular weight excluding hydrogens is 223 g/mol. The minimum atomic E-state index is -0.361. The zero-order valence-electron chi connectivity index (χ0n) is 9.83. The first-order valence-corrected chi connectivity index (χ1v) is 5.53. The average Bonchev–Trinajstić information content (AvgIpc) is 2.32. The quantitative estimate of drug-likeness (QED) is 0.743. The average molecular weight is 240 g/mol. The third kappa shape index (κ3) is 4.50. The fourth-order valence-electron chi connectivity index (χ4n) is 1.34. The topological polar surface area (TPSA) is 64.3 Å². The number of nitrogens with two attached hydrogens (primary N) is 1. The van der Waals surface area contributed by atoms with Gasteiger partial charge in [-0.3, -0.25) is 4.79 Å². The van der Waals surface area contributed by atoms with Crippen LogP contribution in [0.5, 0.6) is 0 Å². The van der Waals surface area contributed by atoms with Crippen molar-refractivity contribution in [2.45, 2.75) is 19.9 Å². The molecule has 0 fully saturated rings. The fraction of sp³-hybridized carbons (Fsp3) is 0.417. The predicted molar refractivity (Wildman–Crippen MR) is 64.0 cm³/mol. The van der Waals surface area contributed by atoms with E-state index in [9.17, 15) is 9.18 Å². The summed E-state index contributed by atoms with van der Waals surface area (Å²) in [5.74, 6) is -0.521. The van der Waals surface area contributed by atoms with Crippen LogP contribution in [0, 0.1) is 5.82 Å². The van der Waals surface area contributed by atoms with Gasteiger partial charge in [0.25, 0.3) is 0 Å². The van der Waals surface area contributed by atoms with E-state index in [1.54, 1.807) is 0 Å². The third-order valence-electron chi connectivity index (χ3n) is 2.23. The molecule has 1 amide bonds. The molecule has 0 aliphatic carbocycles. The maximum Gasteiger partial charge on any atom is 0.226 e. The highest BCUT2D eigenvalue weighted by Gasteiger charge is 2.05. The lowest BCUT2D eigenvalue weighted by atomic mass is 10.2. The van der Waals surface area contributed by atoms with Crippen molar-refractivity contribution in [1.29, 1.82) is 0 Å². The molecule has 0 aliphatic rings. The molecule has 0 saturated carbocycles. The van der Waals surface area contributed by atoms with Crippen molar-refractivity contribution in [2.75, 3.05) is 18.5 Å². The molecule has 0 radical (unpaired) electrons. The number of hydrogen-bond donors (Lipinski definition) is 2. The maximum atomic E-state index is 13.1. The van der Waals surface area contributed by atoms with Crippen LogP contribution in [-0.2, 0) is 16.1 Å². The van der Waals surface area contributed by atoms with E-state index >= 15 is 0 Å². The summed E-state index contributed by atoms with van der Waals surface area (Å²) in [5, 5.41) is 2.66. The first-order valence-electron chi connectivity index (χ1n) is 5.53. The SMILES string of the molecule is CCOCCC(=O)Nc1ccc(F)c(CN)c1. The largest absolute Gasteiger partial charge is 0.381 e. The van der Waals surface area contributed by atoms with Gasteiger partial charge >= 0.3 is 0 Å². The van der Waals surface area contributed by atoms with Gasteiger partial charge in [0, 0.05) is 24.4 Å². The van der Waals surface area contributed by atoms with Crippen molar-refractivity contribution in [1.82, 2.24) is 0 Å². The van der Waals surface area contributed by atoms with E-state index in [1.807, 2.05) is 6.92 Å². The summed E-state index contributed by atoms with van der Waals surface area (Å²) in [6.07, 6.45) is 0.281. The van der Waals surface area contributed by atoms with Gasteiger partial charge in [-0.25, -0.2) is 4.39 Å². The zero-order chi connectivity index (χ0) is 12.7. The monoisotopic (exact) mass is 240 g/mol. The van der Waals surface area contributed by atoms with Crippen molar-refractivity contribution >= 4 is 11.6 Å². The molecule has 1 aromatic rings. The fourth-order valence-corrected chi connectivity index (χ4v) is 1.34. The number of halogens is 1.